The van der Waals surface area contributed by atoms with E-state index in [-0.39, 0.29) is 0 Å². The molecule has 0 saturated carbocycles. The third kappa shape index (κ3) is 1.72. The number of nitrogens with zero attached hydrogens (tertiary/aromatic N) is 1. The number of hydrogen-bond acceptors (Lipinski definition) is 2. The Morgan fingerprint density at radius 3 is 2.53 bits per heavy atom. The standard InChI is InChI=1S/C17H17NO/c1-11-9-10-14-13-7-5-6-8-15(13)19-17(14)16(11)12(2)18(3)4/h5-10H,2H2,1,3-4H3. The van der Waals surface area contributed by atoms with Crippen LogP contribution in [0.15, 0.2) is 47.4 Å². The van der Waals surface area contributed by atoms with Crippen molar-refractivity contribution in [3.63, 3.8) is 0 Å². The monoisotopic (exact) mass is 251 g/mol. The summed E-state index contributed by atoms with van der Waals surface area (Å²) in [6.07, 6.45) is 0. The first-order valence-electron chi connectivity index (χ1n) is 6.37. The molecule has 0 aliphatic rings. The zero-order valence-corrected chi connectivity index (χ0v) is 11.5. The van der Waals surface area contributed by atoms with Gasteiger partial charge in [0, 0.05) is 36.1 Å². The fourth-order valence-corrected chi connectivity index (χ4v) is 2.47. The molecule has 0 spiro atoms. The van der Waals surface area contributed by atoms with Gasteiger partial charge < -0.3 is 9.32 Å². The van der Waals surface area contributed by atoms with E-state index in [1.807, 2.05) is 37.2 Å². The molecule has 96 valence electrons. The topological polar surface area (TPSA) is 16.4 Å². The van der Waals surface area contributed by atoms with Gasteiger partial charge in [0.1, 0.15) is 11.2 Å². The fraction of sp³-hybridized carbons (Fsp3) is 0.176. The Bertz CT molecular complexity index is 780. The minimum absolute atomic E-state index is 0.927. The molecule has 2 aromatic carbocycles. The molecule has 0 aliphatic heterocycles. The number of rotatable bonds is 2. The van der Waals surface area contributed by atoms with Crippen LogP contribution in [0.4, 0.5) is 0 Å². The molecule has 0 unspecified atom stereocenters. The van der Waals surface area contributed by atoms with Crippen molar-refractivity contribution in [3.8, 4) is 0 Å². The van der Waals surface area contributed by atoms with Gasteiger partial charge in [-0.05, 0) is 18.6 Å². The summed E-state index contributed by atoms with van der Waals surface area (Å²) in [6.45, 7) is 6.27. The van der Waals surface area contributed by atoms with E-state index in [4.69, 9.17) is 4.42 Å². The highest BCUT2D eigenvalue weighted by Gasteiger charge is 2.15. The van der Waals surface area contributed by atoms with Crippen LogP contribution < -0.4 is 0 Å². The van der Waals surface area contributed by atoms with Gasteiger partial charge in [0.05, 0.1) is 0 Å². The lowest BCUT2D eigenvalue weighted by molar-refractivity contribution is 0.589. The van der Waals surface area contributed by atoms with Gasteiger partial charge in [-0.25, -0.2) is 0 Å². The lowest BCUT2D eigenvalue weighted by atomic mass is 10.0. The maximum Gasteiger partial charge on any atom is 0.144 e. The van der Waals surface area contributed by atoms with Gasteiger partial charge >= 0.3 is 0 Å². The largest absolute Gasteiger partial charge is 0.455 e. The van der Waals surface area contributed by atoms with Crippen molar-refractivity contribution in [2.75, 3.05) is 14.1 Å². The maximum atomic E-state index is 6.05. The van der Waals surface area contributed by atoms with Gasteiger partial charge in [0.2, 0.25) is 0 Å². The van der Waals surface area contributed by atoms with Gasteiger partial charge in [-0.2, -0.15) is 0 Å². The van der Waals surface area contributed by atoms with Crippen LogP contribution in [0.3, 0.4) is 0 Å². The van der Waals surface area contributed by atoms with E-state index in [2.05, 4.69) is 31.7 Å². The molecule has 1 heterocycles. The number of aryl methyl sites for hydroxylation is 1. The molecule has 2 heteroatoms. The highest BCUT2D eigenvalue weighted by molar-refractivity contribution is 6.08. The minimum atomic E-state index is 0.927. The molecule has 0 fully saturated rings. The number of furan rings is 1. The summed E-state index contributed by atoms with van der Waals surface area (Å²) in [5.74, 6) is 0. The van der Waals surface area contributed by atoms with Crippen LogP contribution in [0.2, 0.25) is 0 Å². The molecule has 0 aliphatic carbocycles. The van der Waals surface area contributed by atoms with Gasteiger partial charge in [-0.15, -0.1) is 0 Å². The Labute approximate surface area is 112 Å². The summed E-state index contributed by atoms with van der Waals surface area (Å²) in [6, 6.07) is 12.4. The van der Waals surface area contributed by atoms with Crippen LogP contribution in [0.1, 0.15) is 11.1 Å². The Hall–Kier alpha value is -2.22. The summed E-state index contributed by atoms with van der Waals surface area (Å²) in [5.41, 5.74) is 5.11. The highest BCUT2D eigenvalue weighted by Crippen LogP contribution is 2.35. The van der Waals surface area contributed by atoms with E-state index in [0.29, 0.717) is 0 Å². The number of para-hydroxylation sites is 1. The number of fused-ring (bicyclic) bond motifs is 3. The van der Waals surface area contributed by atoms with Crippen LogP contribution in [-0.4, -0.2) is 19.0 Å². The molecular weight excluding hydrogens is 234 g/mol. The van der Waals surface area contributed by atoms with Crippen LogP contribution in [-0.2, 0) is 0 Å². The number of hydrogen-bond donors (Lipinski definition) is 0. The van der Waals surface area contributed by atoms with E-state index in [1.54, 1.807) is 0 Å². The van der Waals surface area contributed by atoms with Crippen molar-refractivity contribution >= 4 is 27.6 Å². The second kappa shape index (κ2) is 4.16. The molecule has 0 amide bonds. The van der Waals surface area contributed by atoms with E-state index >= 15 is 0 Å². The zero-order chi connectivity index (χ0) is 13.6. The molecular formula is C17H17NO. The van der Waals surface area contributed by atoms with Crippen molar-refractivity contribution in [1.29, 1.82) is 0 Å². The van der Waals surface area contributed by atoms with Gasteiger partial charge in [-0.1, -0.05) is 36.9 Å². The summed E-state index contributed by atoms with van der Waals surface area (Å²) in [7, 11) is 4.01. The van der Waals surface area contributed by atoms with E-state index < -0.39 is 0 Å². The van der Waals surface area contributed by atoms with Crippen LogP contribution in [0.25, 0.3) is 27.6 Å². The molecule has 0 atom stereocenters. The molecule has 0 saturated heterocycles. The molecule has 1 aromatic heterocycles. The molecule has 19 heavy (non-hydrogen) atoms. The van der Waals surface area contributed by atoms with E-state index in [0.717, 1.165) is 33.2 Å². The van der Waals surface area contributed by atoms with Crippen molar-refractivity contribution in [2.45, 2.75) is 6.92 Å². The number of benzene rings is 2. The van der Waals surface area contributed by atoms with Crippen molar-refractivity contribution in [1.82, 2.24) is 4.90 Å². The predicted molar refractivity (Wildman–Crippen MR) is 81.2 cm³/mol. The average molecular weight is 251 g/mol. The smallest absolute Gasteiger partial charge is 0.144 e. The Balaban J connectivity index is 2.43. The van der Waals surface area contributed by atoms with Crippen molar-refractivity contribution < 1.29 is 4.42 Å². The highest BCUT2D eigenvalue weighted by atomic mass is 16.3. The summed E-state index contributed by atoms with van der Waals surface area (Å²) in [5, 5.41) is 2.31. The van der Waals surface area contributed by atoms with Crippen molar-refractivity contribution in [3.05, 3.63) is 54.1 Å². The quantitative estimate of drug-likeness (QED) is 0.670. The Morgan fingerprint density at radius 1 is 1.05 bits per heavy atom. The van der Waals surface area contributed by atoms with E-state index in [1.165, 1.54) is 5.56 Å². The molecule has 0 bridgehead atoms. The van der Waals surface area contributed by atoms with Gasteiger partial charge in [-0.3, -0.25) is 0 Å². The predicted octanol–water partition coefficient (Wildman–Crippen LogP) is 4.43. The van der Waals surface area contributed by atoms with Crippen LogP contribution in [0, 0.1) is 6.92 Å². The zero-order valence-electron chi connectivity index (χ0n) is 11.5. The summed E-state index contributed by atoms with van der Waals surface area (Å²) in [4.78, 5) is 2.02. The lowest BCUT2D eigenvalue weighted by Gasteiger charge is -2.17. The molecule has 0 N–H and O–H groups in total. The lowest BCUT2D eigenvalue weighted by Crippen LogP contribution is -2.09. The fourth-order valence-electron chi connectivity index (χ4n) is 2.47. The summed E-state index contributed by atoms with van der Waals surface area (Å²) < 4.78 is 6.05. The van der Waals surface area contributed by atoms with Crippen molar-refractivity contribution in [2.24, 2.45) is 0 Å². The molecule has 3 rings (SSSR count). The van der Waals surface area contributed by atoms with Gasteiger partial charge in [0.15, 0.2) is 0 Å². The van der Waals surface area contributed by atoms with Crippen LogP contribution >= 0.6 is 0 Å². The molecule has 2 nitrogen and oxygen atoms in total. The van der Waals surface area contributed by atoms with E-state index in [9.17, 15) is 0 Å². The first-order chi connectivity index (χ1) is 9.09. The Morgan fingerprint density at radius 2 is 1.79 bits per heavy atom. The van der Waals surface area contributed by atoms with Gasteiger partial charge in [0.25, 0.3) is 0 Å². The SMILES string of the molecule is C=C(c1c(C)ccc2c1oc1ccccc12)N(C)C. The average Bonchev–Trinajstić information content (AvgIpc) is 2.76. The molecule has 0 radical (unpaired) electrons. The summed E-state index contributed by atoms with van der Waals surface area (Å²) >= 11 is 0. The first-order valence-corrected chi connectivity index (χ1v) is 6.37. The third-order valence-corrected chi connectivity index (χ3v) is 3.58. The second-order valence-corrected chi connectivity index (χ2v) is 5.07. The molecule has 3 aromatic rings. The third-order valence-electron chi connectivity index (χ3n) is 3.58. The minimum Gasteiger partial charge on any atom is -0.455 e. The maximum absolute atomic E-state index is 6.05. The first kappa shape index (κ1) is 11.8. The van der Waals surface area contributed by atoms with Crippen LogP contribution in [0.5, 0.6) is 0 Å². The second-order valence-electron chi connectivity index (χ2n) is 5.07. The normalized spacial score (nSPS) is 11.1. The Kier molecular flexibility index (Phi) is 2.59.